The van der Waals surface area contributed by atoms with E-state index in [4.69, 9.17) is 0 Å². The highest BCUT2D eigenvalue weighted by Gasteiger charge is 2.22. The van der Waals surface area contributed by atoms with E-state index < -0.39 is 0 Å². The summed E-state index contributed by atoms with van der Waals surface area (Å²) < 4.78 is 4.68. The molecule has 1 aliphatic heterocycles. The van der Waals surface area contributed by atoms with E-state index in [-0.39, 0.29) is 24.7 Å². The van der Waals surface area contributed by atoms with Gasteiger partial charge in [0.25, 0.3) is 0 Å². The van der Waals surface area contributed by atoms with Crippen LogP contribution in [-0.2, 0) is 27.2 Å². The van der Waals surface area contributed by atoms with Gasteiger partial charge in [0.15, 0.2) is 0 Å². The Balaban J connectivity index is 1.83. The molecule has 1 amide bonds. The topological polar surface area (TPSA) is 65.6 Å². The summed E-state index contributed by atoms with van der Waals surface area (Å²) >= 11 is 0. The quantitative estimate of drug-likeness (QED) is 0.822. The van der Waals surface area contributed by atoms with Crippen LogP contribution in [0.2, 0.25) is 0 Å². The van der Waals surface area contributed by atoms with E-state index >= 15 is 0 Å². The molecule has 1 aromatic carbocycles. The molecule has 152 valence electrons. The number of ether oxygens (including phenoxy) is 1. The predicted octanol–water partition coefficient (Wildman–Crippen LogP) is 2.76. The second-order valence-corrected chi connectivity index (χ2v) is 7.78. The Hall–Kier alpha value is -2.34. The van der Waals surface area contributed by atoms with E-state index in [9.17, 15) is 9.59 Å². The molecule has 0 aliphatic carbocycles. The van der Waals surface area contributed by atoms with Gasteiger partial charge < -0.3 is 19.5 Å². The maximum absolute atomic E-state index is 12.8. The lowest BCUT2D eigenvalue weighted by Gasteiger charge is -2.30. The van der Waals surface area contributed by atoms with E-state index in [0.29, 0.717) is 12.6 Å². The molecule has 0 bridgehead atoms. The molecule has 0 saturated carbocycles. The highest BCUT2D eigenvalue weighted by atomic mass is 16.5. The van der Waals surface area contributed by atoms with Gasteiger partial charge in [0.1, 0.15) is 0 Å². The number of amides is 1. The first kappa shape index (κ1) is 20.4. The highest BCUT2D eigenvalue weighted by Crippen LogP contribution is 2.26. The van der Waals surface area contributed by atoms with E-state index in [0.717, 1.165) is 37.7 Å². The molecule has 28 heavy (non-hydrogen) atoms. The molecule has 0 radical (unpaired) electrons. The molecule has 6 heteroatoms. The first-order chi connectivity index (χ1) is 13.5. The summed E-state index contributed by atoms with van der Waals surface area (Å²) in [7, 11) is 5.56. The number of carbonyl (C=O) groups is 2. The summed E-state index contributed by atoms with van der Waals surface area (Å²) in [4.78, 5) is 32.0. The van der Waals surface area contributed by atoms with Crippen molar-refractivity contribution in [3.63, 3.8) is 0 Å². The van der Waals surface area contributed by atoms with Crippen LogP contribution in [0.5, 0.6) is 0 Å². The second-order valence-electron chi connectivity index (χ2n) is 7.78. The number of hydrogen-bond acceptors (Lipinski definition) is 4. The number of para-hydroxylation sites is 1. The minimum atomic E-state index is -0.334. The summed E-state index contributed by atoms with van der Waals surface area (Å²) in [5, 5.41) is 1.25. The lowest BCUT2D eigenvalue weighted by molar-refractivity contribution is -0.143. The zero-order chi connectivity index (χ0) is 20.1. The Labute approximate surface area is 166 Å². The van der Waals surface area contributed by atoms with Crippen LogP contribution in [0.1, 0.15) is 36.9 Å². The van der Waals surface area contributed by atoms with E-state index in [1.165, 1.54) is 23.8 Å². The zero-order valence-corrected chi connectivity index (χ0v) is 17.2. The van der Waals surface area contributed by atoms with Gasteiger partial charge in [-0.25, -0.2) is 0 Å². The van der Waals surface area contributed by atoms with Gasteiger partial charge in [0, 0.05) is 42.1 Å². The van der Waals surface area contributed by atoms with Crippen molar-refractivity contribution in [3.8, 4) is 0 Å². The lowest BCUT2D eigenvalue weighted by atomic mass is 9.98. The number of H-pyrrole nitrogens is 1. The maximum Gasteiger partial charge on any atom is 0.306 e. The van der Waals surface area contributed by atoms with Gasteiger partial charge in [-0.3, -0.25) is 9.59 Å². The molecular weight excluding hydrogens is 354 g/mol. The third kappa shape index (κ3) is 4.73. The van der Waals surface area contributed by atoms with Crippen LogP contribution in [0.15, 0.2) is 24.3 Å². The number of aromatic amines is 1. The largest absolute Gasteiger partial charge is 0.469 e. The molecule has 2 aromatic rings. The van der Waals surface area contributed by atoms with Crippen molar-refractivity contribution < 1.29 is 14.3 Å². The monoisotopic (exact) mass is 385 g/mol. The average Bonchev–Trinajstić information content (AvgIpc) is 3.05. The second kappa shape index (κ2) is 9.24. The Kier molecular flexibility index (Phi) is 6.73. The van der Waals surface area contributed by atoms with Crippen molar-refractivity contribution in [3.05, 3.63) is 35.5 Å². The van der Waals surface area contributed by atoms with Crippen molar-refractivity contribution in [1.82, 2.24) is 14.8 Å². The number of aromatic nitrogens is 1. The molecule has 3 rings (SSSR count). The van der Waals surface area contributed by atoms with Gasteiger partial charge in [-0.2, -0.15) is 0 Å². The standard InChI is InChI=1S/C22H31N3O3/c1-24(2)16-8-9-20-18(17-6-4-5-7-19(17)23-20)13-15-25(14-12-16)21(26)10-11-22(27)28-3/h4-7,16,23H,8-15H2,1-3H3. The van der Waals surface area contributed by atoms with Crippen LogP contribution < -0.4 is 0 Å². The van der Waals surface area contributed by atoms with Crippen molar-refractivity contribution in [1.29, 1.82) is 0 Å². The molecule has 1 aliphatic rings. The zero-order valence-electron chi connectivity index (χ0n) is 17.2. The molecule has 1 N–H and O–H groups in total. The SMILES string of the molecule is COC(=O)CCC(=O)N1CCc2c([nH]c3ccccc23)CCC(N(C)C)CC1. The Bertz CT molecular complexity index is 828. The number of nitrogens with one attached hydrogen (secondary N) is 1. The fourth-order valence-corrected chi connectivity index (χ4v) is 4.11. The van der Waals surface area contributed by atoms with Crippen LogP contribution >= 0.6 is 0 Å². The van der Waals surface area contributed by atoms with Crippen LogP contribution in [-0.4, -0.2) is 67.0 Å². The number of carbonyl (C=O) groups excluding carboxylic acids is 2. The molecule has 0 fully saturated rings. The molecule has 0 saturated heterocycles. The molecular formula is C22H31N3O3. The Morgan fingerprint density at radius 1 is 1.14 bits per heavy atom. The maximum atomic E-state index is 12.8. The van der Waals surface area contributed by atoms with Gasteiger partial charge in [-0.15, -0.1) is 0 Å². The van der Waals surface area contributed by atoms with Crippen molar-refractivity contribution >= 4 is 22.8 Å². The number of aryl methyl sites for hydroxylation is 1. The summed E-state index contributed by atoms with van der Waals surface area (Å²) in [5.74, 6) is -0.302. The summed E-state index contributed by atoms with van der Waals surface area (Å²) in [5.41, 5.74) is 3.77. The first-order valence-electron chi connectivity index (χ1n) is 10.1. The highest BCUT2D eigenvalue weighted by molar-refractivity contribution is 5.85. The third-order valence-corrected chi connectivity index (χ3v) is 5.85. The van der Waals surface area contributed by atoms with Crippen LogP contribution in [0.3, 0.4) is 0 Å². The minimum absolute atomic E-state index is 0.0323. The normalized spacial score (nSPS) is 18.1. The summed E-state index contributed by atoms with van der Waals surface area (Å²) in [6, 6.07) is 8.80. The molecule has 1 unspecified atom stereocenters. The number of benzene rings is 1. The van der Waals surface area contributed by atoms with Crippen molar-refractivity contribution in [2.45, 2.75) is 44.6 Å². The number of fused-ring (bicyclic) bond motifs is 3. The van der Waals surface area contributed by atoms with Crippen LogP contribution in [0, 0.1) is 0 Å². The van der Waals surface area contributed by atoms with Crippen LogP contribution in [0.25, 0.3) is 10.9 Å². The number of rotatable bonds is 4. The van der Waals surface area contributed by atoms with Gasteiger partial charge in [-0.1, -0.05) is 18.2 Å². The minimum Gasteiger partial charge on any atom is -0.469 e. The van der Waals surface area contributed by atoms with E-state index in [2.05, 4.69) is 53.0 Å². The number of esters is 1. The van der Waals surface area contributed by atoms with Gasteiger partial charge >= 0.3 is 5.97 Å². The van der Waals surface area contributed by atoms with Crippen molar-refractivity contribution in [2.24, 2.45) is 0 Å². The molecule has 0 spiro atoms. The fraction of sp³-hybridized carbons (Fsp3) is 0.545. The number of hydrogen-bond donors (Lipinski definition) is 1. The molecule has 6 nitrogen and oxygen atoms in total. The molecule has 2 heterocycles. The molecule has 1 aromatic heterocycles. The Morgan fingerprint density at radius 3 is 2.68 bits per heavy atom. The van der Waals surface area contributed by atoms with E-state index in [1.807, 2.05) is 4.90 Å². The van der Waals surface area contributed by atoms with Gasteiger partial charge in [0.05, 0.1) is 13.5 Å². The Morgan fingerprint density at radius 2 is 1.93 bits per heavy atom. The van der Waals surface area contributed by atoms with Gasteiger partial charge in [-0.05, 0) is 51.4 Å². The summed E-state index contributed by atoms with van der Waals surface area (Å²) in [6.45, 7) is 1.40. The molecule has 1 atom stereocenters. The smallest absolute Gasteiger partial charge is 0.306 e. The lowest BCUT2D eigenvalue weighted by Crippen LogP contribution is -2.39. The number of nitrogens with zero attached hydrogens (tertiary/aromatic N) is 2. The predicted molar refractivity (Wildman–Crippen MR) is 110 cm³/mol. The average molecular weight is 386 g/mol. The van der Waals surface area contributed by atoms with E-state index in [1.54, 1.807) is 0 Å². The van der Waals surface area contributed by atoms with Crippen molar-refractivity contribution in [2.75, 3.05) is 34.3 Å². The number of methoxy groups -OCH3 is 1. The summed E-state index contributed by atoms with van der Waals surface area (Å²) in [6.07, 6.45) is 4.18. The van der Waals surface area contributed by atoms with Gasteiger partial charge in [0.2, 0.25) is 5.91 Å². The van der Waals surface area contributed by atoms with Crippen LogP contribution in [0.4, 0.5) is 0 Å². The fourth-order valence-electron chi connectivity index (χ4n) is 4.11. The first-order valence-corrected chi connectivity index (χ1v) is 10.1. The third-order valence-electron chi connectivity index (χ3n) is 5.85.